The SMILES string of the molecule is O=C(c1csc(C(F)(F)F)n1)N1CCC(Oc2ccc(Cl)cc2)CC1. The first kappa shape index (κ1) is 18.0. The first-order valence-electron chi connectivity index (χ1n) is 7.57. The van der Waals surface area contributed by atoms with Gasteiger partial charge >= 0.3 is 6.18 Å². The van der Waals surface area contributed by atoms with Crippen molar-refractivity contribution < 1.29 is 22.7 Å². The molecular formula is C16H14ClF3N2O2S. The Morgan fingerprint density at radius 3 is 2.44 bits per heavy atom. The molecule has 2 heterocycles. The fourth-order valence-corrected chi connectivity index (χ4v) is 3.33. The second-order valence-electron chi connectivity index (χ2n) is 5.60. The van der Waals surface area contributed by atoms with Crippen molar-refractivity contribution >= 4 is 28.8 Å². The lowest BCUT2D eigenvalue weighted by atomic mass is 10.1. The molecule has 25 heavy (non-hydrogen) atoms. The Balaban J connectivity index is 1.55. The fourth-order valence-electron chi connectivity index (χ4n) is 2.55. The number of halogens is 4. The van der Waals surface area contributed by atoms with Crippen LogP contribution in [0.25, 0.3) is 0 Å². The van der Waals surface area contributed by atoms with E-state index in [1.165, 1.54) is 4.90 Å². The van der Waals surface area contributed by atoms with Crippen molar-refractivity contribution in [3.8, 4) is 5.75 Å². The van der Waals surface area contributed by atoms with Crippen LogP contribution in [0.3, 0.4) is 0 Å². The molecule has 1 aromatic heterocycles. The number of alkyl halides is 3. The summed E-state index contributed by atoms with van der Waals surface area (Å²) in [6.45, 7) is 0.825. The summed E-state index contributed by atoms with van der Waals surface area (Å²) in [5.74, 6) is 0.222. The minimum Gasteiger partial charge on any atom is -0.490 e. The molecule has 0 radical (unpaired) electrons. The van der Waals surface area contributed by atoms with Crippen LogP contribution in [0, 0.1) is 0 Å². The second-order valence-corrected chi connectivity index (χ2v) is 6.89. The van der Waals surface area contributed by atoms with Crippen LogP contribution in [0.1, 0.15) is 28.3 Å². The molecule has 1 aliphatic rings. The van der Waals surface area contributed by atoms with Crippen molar-refractivity contribution in [2.75, 3.05) is 13.1 Å². The minimum absolute atomic E-state index is 0.0496. The number of likely N-dealkylation sites (tertiary alicyclic amines) is 1. The number of thiazole rings is 1. The third-order valence-corrected chi connectivity index (χ3v) is 4.95. The van der Waals surface area contributed by atoms with E-state index in [4.69, 9.17) is 16.3 Å². The molecule has 0 N–H and O–H groups in total. The van der Waals surface area contributed by atoms with Gasteiger partial charge in [0.1, 0.15) is 17.5 Å². The van der Waals surface area contributed by atoms with E-state index >= 15 is 0 Å². The van der Waals surface area contributed by atoms with Crippen LogP contribution in [-0.2, 0) is 6.18 Å². The third-order valence-electron chi connectivity index (χ3n) is 3.81. The Bertz CT molecular complexity index is 741. The van der Waals surface area contributed by atoms with E-state index in [0.717, 1.165) is 5.38 Å². The molecule has 0 aliphatic carbocycles. The topological polar surface area (TPSA) is 42.4 Å². The molecule has 2 aromatic rings. The highest BCUT2D eigenvalue weighted by Gasteiger charge is 2.36. The summed E-state index contributed by atoms with van der Waals surface area (Å²) < 4.78 is 43.6. The molecule has 9 heteroatoms. The highest BCUT2D eigenvalue weighted by Crippen LogP contribution is 2.32. The number of hydrogen-bond acceptors (Lipinski definition) is 4. The van der Waals surface area contributed by atoms with Gasteiger partial charge in [-0.1, -0.05) is 11.6 Å². The summed E-state index contributed by atoms with van der Waals surface area (Å²) in [4.78, 5) is 17.2. The summed E-state index contributed by atoms with van der Waals surface area (Å²) in [6.07, 6.45) is -3.37. The molecule has 0 saturated carbocycles. The maximum absolute atomic E-state index is 12.6. The fraction of sp³-hybridized carbons (Fsp3) is 0.375. The lowest BCUT2D eigenvalue weighted by Gasteiger charge is -2.31. The Morgan fingerprint density at radius 1 is 1.24 bits per heavy atom. The van der Waals surface area contributed by atoms with Gasteiger partial charge in [-0.15, -0.1) is 11.3 Å². The summed E-state index contributed by atoms with van der Waals surface area (Å²) in [7, 11) is 0. The van der Waals surface area contributed by atoms with Gasteiger partial charge in [-0.3, -0.25) is 4.79 Å². The minimum atomic E-state index is -4.53. The number of benzene rings is 1. The number of carbonyl (C=O) groups is 1. The molecule has 0 unspecified atom stereocenters. The molecule has 1 aliphatic heterocycles. The standard InChI is InChI=1S/C16H14ClF3N2O2S/c17-10-1-3-11(4-2-10)24-12-5-7-22(8-6-12)14(23)13-9-25-15(21-13)16(18,19)20/h1-4,9,12H,5-8H2. The summed E-state index contributed by atoms with van der Waals surface area (Å²) in [6, 6.07) is 7.01. The zero-order valence-electron chi connectivity index (χ0n) is 12.9. The lowest BCUT2D eigenvalue weighted by molar-refractivity contribution is -0.137. The quantitative estimate of drug-likeness (QED) is 0.775. The van der Waals surface area contributed by atoms with Gasteiger partial charge in [0.25, 0.3) is 5.91 Å². The van der Waals surface area contributed by atoms with Crippen molar-refractivity contribution in [3.05, 3.63) is 45.4 Å². The summed E-state index contributed by atoms with van der Waals surface area (Å²) in [5, 5.41) is 0.771. The van der Waals surface area contributed by atoms with Gasteiger partial charge in [-0.2, -0.15) is 13.2 Å². The second kappa shape index (κ2) is 7.21. The van der Waals surface area contributed by atoms with Gasteiger partial charge in [0.05, 0.1) is 0 Å². The van der Waals surface area contributed by atoms with Crippen molar-refractivity contribution in [2.24, 2.45) is 0 Å². The van der Waals surface area contributed by atoms with E-state index in [-0.39, 0.29) is 11.8 Å². The van der Waals surface area contributed by atoms with Crippen molar-refractivity contribution in [2.45, 2.75) is 25.1 Å². The molecule has 3 rings (SSSR count). The van der Waals surface area contributed by atoms with E-state index in [0.29, 0.717) is 48.0 Å². The van der Waals surface area contributed by atoms with Gasteiger partial charge < -0.3 is 9.64 Å². The number of piperidine rings is 1. The largest absolute Gasteiger partial charge is 0.490 e. The van der Waals surface area contributed by atoms with Crippen LogP contribution >= 0.6 is 22.9 Å². The van der Waals surface area contributed by atoms with Crippen LogP contribution in [0.15, 0.2) is 29.6 Å². The predicted molar refractivity (Wildman–Crippen MR) is 88.1 cm³/mol. The molecule has 134 valence electrons. The maximum Gasteiger partial charge on any atom is 0.443 e. The number of rotatable bonds is 3. The average Bonchev–Trinajstić information content (AvgIpc) is 3.07. The Labute approximate surface area is 151 Å². The number of carbonyl (C=O) groups excluding carboxylic acids is 1. The van der Waals surface area contributed by atoms with Crippen LogP contribution in [0.2, 0.25) is 5.02 Å². The number of amides is 1. The maximum atomic E-state index is 12.6. The van der Waals surface area contributed by atoms with Crippen LogP contribution in [0.5, 0.6) is 5.75 Å². The van der Waals surface area contributed by atoms with E-state index in [1.54, 1.807) is 24.3 Å². The monoisotopic (exact) mass is 390 g/mol. The zero-order chi connectivity index (χ0) is 18.0. The number of aromatic nitrogens is 1. The van der Waals surface area contributed by atoms with Gasteiger partial charge in [-0.05, 0) is 24.3 Å². The van der Waals surface area contributed by atoms with Gasteiger partial charge in [0, 0.05) is 36.3 Å². The highest BCUT2D eigenvalue weighted by atomic mass is 35.5. The smallest absolute Gasteiger partial charge is 0.443 e. The van der Waals surface area contributed by atoms with E-state index in [1.807, 2.05) is 0 Å². The predicted octanol–water partition coefficient (Wildman–Crippen LogP) is 4.50. The Hall–Kier alpha value is -1.80. The molecular weight excluding hydrogens is 377 g/mol. The highest BCUT2D eigenvalue weighted by molar-refractivity contribution is 7.09. The van der Waals surface area contributed by atoms with Crippen molar-refractivity contribution in [1.29, 1.82) is 0 Å². The van der Waals surface area contributed by atoms with Crippen LogP contribution in [0.4, 0.5) is 13.2 Å². The molecule has 0 atom stereocenters. The van der Waals surface area contributed by atoms with Crippen molar-refractivity contribution in [3.63, 3.8) is 0 Å². The number of hydrogen-bond donors (Lipinski definition) is 0. The average molecular weight is 391 g/mol. The Kier molecular flexibility index (Phi) is 5.19. The normalized spacial score (nSPS) is 16.1. The van der Waals surface area contributed by atoms with E-state index in [2.05, 4.69) is 4.98 Å². The van der Waals surface area contributed by atoms with Gasteiger partial charge in [-0.25, -0.2) is 4.98 Å². The van der Waals surface area contributed by atoms with Crippen LogP contribution < -0.4 is 4.74 Å². The summed E-state index contributed by atoms with van der Waals surface area (Å²) >= 11 is 6.25. The number of nitrogens with zero attached hydrogens (tertiary/aromatic N) is 2. The molecule has 1 aromatic carbocycles. The van der Waals surface area contributed by atoms with Crippen LogP contribution in [-0.4, -0.2) is 35.0 Å². The molecule has 1 fully saturated rings. The molecule has 1 amide bonds. The molecule has 4 nitrogen and oxygen atoms in total. The van der Waals surface area contributed by atoms with E-state index < -0.39 is 17.1 Å². The lowest BCUT2D eigenvalue weighted by Crippen LogP contribution is -2.41. The molecule has 1 saturated heterocycles. The zero-order valence-corrected chi connectivity index (χ0v) is 14.5. The number of ether oxygens (including phenoxy) is 1. The third kappa shape index (κ3) is 4.43. The first-order valence-corrected chi connectivity index (χ1v) is 8.83. The first-order chi connectivity index (χ1) is 11.8. The molecule has 0 spiro atoms. The van der Waals surface area contributed by atoms with Crippen molar-refractivity contribution in [1.82, 2.24) is 9.88 Å². The Morgan fingerprint density at radius 2 is 1.88 bits per heavy atom. The molecule has 0 bridgehead atoms. The summed E-state index contributed by atoms with van der Waals surface area (Å²) in [5.41, 5.74) is -0.158. The van der Waals surface area contributed by atoms with E-state index in [9.17, 15) is 18.0 Å². The van der Waals surface area contributed by atoms with Gasteiger partial charge in [0.15, 0.2) is 5.01 Å². The van der Waals surface area contributed by atoms with Gasteiger partial charge in [0.2, 0.25) is 0 Å².